The molecule has 7 heteroatoms. The van der Waals surface area contributed by atoms with Crippen LogP contribution < -0.4 is 10.2 Å². The fourth-order valence-corrected chi connectivity index (χ4v) is 2.80. The summed E-state index contributed by atoms with van der Waals surface area (Å²) in [5, 5.41) is 4.73. The molecule has 4 nitrogen and oxygen atoms in total. The molecule has 0 saturated heterocycles. The molecule has 0 atom stereocenters. The number of nitrogens with zero attached hydrogens (tertiary/aromatic N) is 1. The van der Waals surface area contributed by atoms with Gasteiger partial charge in [-0.25, -0.2) is 5.43 Å². The van der Waals surface area contributed by atoms with Gasteiger partial charge in [0.15, 0.2) is 6.61 Å². The molecule has 120 valence electrons. The minimum Gasteiger partial charge on any atom is -0.483 e. The van der Waals surface area contributed by atoms with Crippen LogP contribution in [0, 0.1) is 6.92 Å². The summed E-state index contributed by atoms with van der Waals surface area (Å²) in [7, 11) is 0. The average molecular weight is 416 g/mol. The third-order valence-electron chi connectivity index (χ3n) is 2.83. The van der Waals surface area contributed by atoms with Crippen LogP contribution in [0.4, 0.5) is 0 Å². The molecule has 0 heterocycles. The number of halogens is 3. The van der Waals surface area contributed by atoms with E-state index in [1.54, 1.807) is 24.3 Å². The van der Waals surface area contributed by atoms with E-state index in [0.29, 0.717) is 21.4 Å². The molecular weight excluding hydrogens is 403 g/mol. The Bertz CT molecular complexity index is 731. The molecule has 0 fully saturated rings. The first-order valence-corrected chi connectivity index (χ1v) is 8.17. The predicted molar refractivity (Wildman–Crippen MR) is 96.6 cm³/mol. The lowest BCUT2D eigenvalue weighted by Gasteiger charge is -2.07. The van der Waals surface area contributed by atoms with Crippen LogP contribution in [0.1, 0.15) is 11.1 Å². The van der Waals surface area contributed by atoms with Gasteiger partial charge >= 0.3 is 0 Å². The molecule has 23 heavy (non-hydrogen) atoms. The highest BCUT2D eigenvalue weighted by Gasteiger charge is 2.06. The highest BCUT2D eigenvalue weighted by molar-refractivity contribution is 9.10. The van der Waals surface area contributed by atoms with Gasteiger partial charge in [-0.2, -0.15) is 5.10 Å². The number of hydrogen-bond donors (Lipinski definition) is 1. The number of ether oxygens (including phenoxy) is 1. The van der Waals surface area contributed by atoms with Gasteiger partial charge in [0.2, 0.25) is 0 Å². The highest BCUT2D eigenvalue weighted by atomic mass is 79.9. The summed E-state index contributed by atoms with van der Waals surface area (Å²) in [6.07, 6.45) is 1.39. The number of carbonyl (C=O) groups is 1. The van der Waals surface area contributed by atoms with Gasteiger partial charge in [0.25, 0.3) is 5.91 Å². The Morgan fingerprint density at radius 2 is 2.00 bits per heavy atom. The van der Waals surface area contributed by atoms with Crippen LogP contribution in [0.15, 0.2) is 46.0 Å². The Labute approximate surface area is 152 Å². The molecule has 2 rings (SSSR count). The second kappa shape index (κ2) is 8.34. The van der Waals surface area contributed by atoms with Gasteiger partial charge in [-0.3, -0.25) is 4.79 Å². The van der Waals surface area contributed by atoms with Gasteiger partial charge < -0.3 is 4.74 Å². The number of carbonyl (C=O) groups excluding carboxylic acids is 1. The van der Waals surface area contributed by atoms with Gasteiger partial charge in [-0.05, 0) is 52.7 Å². The van der Waals surface area contributed by atoms with E-state index in [1.165, 1.54) is 6.21 Å². The van der Waals surface area contributed by atoms with Gasteiger partial charge in [0.1, 0.15) is 5.75 Å². The lowest BCUT2D eigenvalue weighted by molar-refractivity contribution is -0.123. The van der Waals surface area contributed by atoms with Crippen molar-refractivity contribution in [2.45, 2.75) is 6.92 Å². The molecule has 1 N–H and O–H groups in total. The summed E-state index contributed by atoms with van der Waals surface area (Å²) in [5.41, 5.74) is 3.99. The Morgan fingerprint density at radius 1 is 1.30 bits per heavy atom. The molecule has 0 aliphatic rings. The van der Waals surface area contributed by atoms with E-state index in [1.807, 2.05) is 19.1 Å². The summed E-state index contributed by atoms with van der Waals surface area (Å²) in [6.45, 7) is 1.81. The maximum Gasteiger partial charge on any atom is 0.277 e. The van der Waals surface area contributed by atoms with Crippen molar-refractivity contribution in [1.82, 2.24) is 5.43 Å². The summed E-state index contributed by atoms with van der Waals surface area (Å²) >= 11 is 15.4. The standard InChI is InChI=1S/C16H13BrCl2N2O2/c1-10-5-6-15(12(17)7-10)23-9-16(22)21-20-8-11-13(18)3-2-4-14(11)19/h2-8H,9H2,1H3,(H,21,22)/b20-8+. The number of aryl methyl sites for hydroxylation is 1. The first kappa shape index (κ1) is 17.8. The molecule has 1 amide bonds. The number of benzene rings is 2. The third-order valence-corrected chi connectivity index (χ3v) is 4.11. The quantitative estimate of drug-likeness (QED) is 0.573. The van der Waals surface area contributed by atoms with E-state index >= 15 is 0 Å². The van der Waals surface area contributed by atoms with E-state index in [-0.39, 0.29) is 6.61 Å². The number of hydrogen-bond acceptors (Lipinski definition) is 3. The largest absolute Gasteiger partial charge is 0.483 e. The third kappa shape index (κ3) is 5.23. The topological polar surface area (TPSA) is 50.7 Å². The highest BCUT2D eigenvalue weighted by Crippen LogP contribution is 2.25. The number of hydrazone groups is 1. The molecule has 0 aliphatic heterocycles. The van der Waals surface area contributed by atoms with E-state index in [2.05, 4.69) is 26.5 Å². The number of amides is 1. The predicted octanol–water partition coefficient (Wildman–Crippen LogP) is 4.59. The van der Waals surface area contributed by atoms with E-state index in [9.17, 15) is 4.79 Å². The minimum atomic E-state index is -0.392. The van der Waals surface area contributed by atoms with Crippen molar-refractivity contribution in [2.24, 2.45) is 5.10 Å². The van der Waals surface area contributed by atoms with Crippen LogP contribution in [-0.2, 0) is 4.79 Å². The monoisotopic (exact) mass is 414 g/mol. The van der Waals surface area contributed by atoms with Gasteiger partial charge in [0, 0.05) is 5.56 Å². The number of rotatable bonds is 5. The first-order valence-electron chi connectivity index (χ1n) is 6.62. The molecule has 0 aliphatic carbocycles. The van der Waals surface area contributed by atoms with Crippen LogP contribution in [0.2, 0.25) is 10.0 Å². The van der Waals surface area contributed by atoms with Crippen LogP contribution in [0.3, 0.4) is 0 Å². The molecule has 0 unspecified atom stereocenters. The Morgan fingerprint density at radius 3 is 2.65 bits per heavy atom. The lowest BCUT2D eigenvalue weighted by atomic mass is 10.2. The Balaban J connectivity index is 1.89. The fourth-order valence-electron chi connectivity index (χ4n) is 1.70. The SMILES string of the molecule is Cc1ccc(OCC(=O)N/N=C/c2c(Cl)cccc2Cl)c(Br)c1. The van der Waals surface area contributed by atoms with Crippen molar-refractivity contribution in [3.05, 3.63) is 62.0 Å². The van der Waals surface area contributed by atoms with E-state index < -0.39 is 5.91 Å². The van der Waals surface area contributed by atoms with Crippen LogP contribution in [-0.4, -0.2) is 18.7 Å². The molecular formula is C16H13BrCl2N2O2. The van der Waals surface area contributed by atoms with Gasteiger partial charge in [-0.15, -0.1) is 0 Å². The average Bonchev–Trinajstić information content (AvgIpc) is 2.49. The zero-order valence-corrected chi connectivity index (χ0v) is 15.2. The molecule has 0 saturated carbocycles. The molecule has 2 aromatic rings. The first-order chi connectivity index (χ1) is 11.0. The maximum atomic E-state index is 11.7. The molecule has 0 aromatic heterocycles. The minimum absolute atomic E-state index is 0.157. The maximum absolute atomic E-state index is 11.7. The second-order valence-electron chi connectivity index (χ2n) is 4.65. The van der Waals surface area contributed by atoms with Crippen molar-refractivity contribution in [1.29, 1.82) is 0 Å². The summed E-state index contributed by atoms with van der Waals surface area (Å²) in [5.74, 6) is 0.195. The summed E-state index contributed by atoms with van der Waals surface area (Å²) in [4.78, 5) is 11.7. The van der Waals surface area contributed by atoms with Crippen LogP contribution in [0.25, 0.3) is 0 Å². The van der Waals surface area contributed by atoms with E-state index in [4.69, 9.17) is 27.9 Å². The van der Waals surface area contributed by atoms with Gasteiger partial charge in [0.05, 0.1) is 20.7 Å². The van der Waals surface area contributed by atoms with Crippen LogP contribution in [0.5, 0.6) is 5.75 Å². The Hall–Kier alpha value is -1.56. The summed E-state index contributed by atoms with van der Waals surface area (Å²) in [6, 6.07) is 10.7. The molecule has 0 radical (unpaired) electrons. The van der Waals surface area contributed by atoms with Crippen molar-refractivity contribution >= 4 is 51.3 Å². The lowest BCUT2D eigenvalue weighted by Crippen LogP contribution is -2.24. The van der Waals surface area contributed by atoms with Crippen LogP contribution >= 0.6 is 39.1 Å². The van der Waals surface area contributed by atoms with Crippen molar-refractivity contribution in [3.63, 3.8) is 0 Å². The van der Waals surface area contributed by atoms with Gasteiger partial charge in [-0.1, -0.05) is 35.3 Å². The molecule has 0 bridgehead atoms. The molecule has 2 aromatic carbocycles. The fraction of sp³-hybridized carbons (Fsp3) is 0.125. The van der Waals surface area contributed by atoms with E-state index in [0.717, 1.165) is 10.0 Å². The second-order valence-corrected chi connectivity index (χ2v) is 6.32. The van der Waals surface area contributed by atoms with Crippen molar-refractivity contribution < 1.29 is 9.53 Å². The zero-order valence-electron chi connectivity index (χ0n) is 12.1. The smallest absolute Gasteiger partial charge is 0.277 e. The van der Waals surface area contributed by atoms with Crippen molar-refractivity contribution in [3.8, 4) is 5.75 Å². The zero-order chi connectivity index (χ0) is 16.8. The number of nitrogens with one attached hydrogen (secondary N) is 1. The normalized spacial score (nSPS) is 10.8. The molecule has 0 spiro atoms. The Kier molecular flexibility index (Phi) is 6.45. The summed E-state index contributed by atoms with van der Waals surface area (Å²) < 4.78 is 6.21. The van der Waals surface area contributed by atoms with Crippen molar-refractivity contribution in [2.75, 3.05) is 6.61 Å².